The SMILES string of the molecule is CCc1cc2c(N3CCC(CNC)CC3)ncnc2s1. The van der Waals surface area contributed by atoms with Crippen molar-refractivity contribution in [2.24, 2.45) is 5.92 Å². The fraction of sp³-hybridized carbons (Fsp3) is 0.600. The smallest absolute Gasteiger partial charge is 0.140 e. The second kappa shape index (κ2) is 6.06. The van der Waals surface area contributed by atoms with Gasteiger partial charge in [0.15, 0.2) is 0 Å². The second-order valence-corrected chi connectivity index (χ2v) is 6.59. The van der Waals surface area contributed by atoms with E-state index in [-0.39, 0.29) is 0 Å². The molecule has 0 atom stereocenters. The summed E-state index contributed by atoms with van der Waals surface area (Å²) in [5.41, 5.74) is 0. The third-order valence-corrected chi connectivity index (χ3v) is 5.30. The van der Waals surface area contributed by atoms with Crippen LogP contribution >= 0.6 is 11.3 Å². The Morgan fingerprint density at radius 2 is 2.15 bits per heavy atom. The molecule has 4 nitrogen and oxygen atoms in total. The minimum atomic E-state index is 0.808. The first kappa shape index (κ1) is 13.8. The van der Waals surface area contributed by atoms with Gasteiger partial charge in [-0.25, -0.2) is 9.97 Å². The minimum absolute atomic E-state index is 0.808. The van der Waals surface area contributed by atoms with Gasteiger partial charge in [-0.3, -0.25) is 0 Å². The third-order valence-electron chi connectivity index (χ3n) is 4.11. The van der Waals surface area contributed by atoms with E-state index in [4.69, 9.17) is 0 Å². The van der Waals surface area contributed by atoms with Crippen LogP contribution in [0.1, 0.15) is 24.6 Å². The molecule has 0 saturated carbocycles. The number of fused-ring (bicyclic) bond motifs is 1. The van der Waals surface area contributed by atoms with E-state index in [1.807, 2.05) is 7.05 Å². The summed E-state index contributed by atoms with van der Waals surface area (Å²) in [6.07, 6.45) is 5.28. The number of piperidine rings is 1. The lowest BCUT2D eigenvalue weighted by Gasteiger charge is -2.32. The molecule has 5 heteroatoms. The van der Waals surface area contributed by atoms with Crippen LogP contribution in [0.25, 0.3) is 10.2 Å². The normalized spacial score (nSPS) is 17.0. The van der Waals surface area contributed by atoms with Crippen LogP contribution in [0.2, 0.25) is 0 Å². The Labute approximate surface area is 124 Å². The summed E-state index contributed by atoms with van der Waals surface area (Å²) in [6.45, 7) is 5.54. The van der Waals surface area contributed by atoms with Crippen molar-refractivity contribution in [3.8, 4) is 0 Å². The number of rotatable bonds is 4. The molecule has 3 rings (SSSR count). The van der Waals surface area contributed by atoms with E-state index in [1.165, 1.54) is 23.1 Å². The molecular formula is C15H22N4S. The maximum atomic E-state index is 4.56. The number of aryl methyl sites for hydroxylation is 1. The lowest BCUT2D eigenvalue weighted by Crippen LogP contribution is -2.37. The first-order chi connectivity index (χ1) is 9.81. The van der Waals surface area contributed by atoms with Gasteiger partial charge in [0, 0.05) is 18.0 Å². The van der Waals surface area contributed by atoms with E-state index in [0.717, 1.165) is 42.6 Å². The molecule has 1 fully saturated rings. The van der Waals surface area contributed by atoms with Gasteiger partial charge < -0.3 is 10.2 Å². The molecule has 0 amide bonds. The quantitative estimate of drug-likeness (QED) is 0.940. The number of hydrogen-bond acceptors (Lipinski definition) is 5. The second-order valence-electron chi connectivity index (χ2n) is 5.47. The lowest BCUT2D eigenvalue weighted by molar-refractivity contribution is 0.392. The summed E-state index contributed by atoms with van der Waals surface area (Å²) in [7, 11) is 2.04. The van der Waals surface area contributed by atoms with E-state index in [0.29, 0.717) is 0 Å². The minimum Gasteiger partial charge on any atom is -0.356 e. The highest BCUT2D eigenvalue weighted by Gasteiger charge is 2.21. The van der Waals surface area contributed by atoms with Crippen LogP contribution in [0.4, 0.5) is 5.82 Å². The highest BCUT2D eigenvalue weighted by atomic mass is 32.1. The van der Waals surface area contributed by atoms with E-state index >= 15 is 0 Å². The fourth-order valence-corrected chi connectivity index (χ4v) is 3.89. The largest absolute Gasteiger partial charge is 0.356 e. The molecule has 0 spiro atoms. The first-order valence-electron chi connectivity index (χ1n) is 7.44. The van der Waals surface area contributed by atoms with Crippen LogP contribution in [-0.4, -0.2) is 36.6 Å². The summed E-state index contributed by atoms with van der Waals surface area (Å²) >= 11 is 1.80. The molecule has 20 heavy (non-hydrogen) atoms. The number of hydrogen-bond donors (Lipinski definition) is 1. The Morgan fingerprint density at radius 3 is 2.85 bits per heavy atom. The van der Waals surface area contributed by atoms with Gasteiger partial charge in [0.25, 0.3) is 0 Å². The van der Waals surface area contributed by atoms with Gasteiger partial charge in [-0.15, -0.1) is 11.3 Å². The van der Waals surface area contributed by atoms with Gasteiger partial charge in [0.2, 0.25) is 0 Å². The molecule has 1 aliphatic heterocycles. The Bertz CT molecular complexity index is 572. The van der Waals surface area contributed by atoms with Crippen molar-refractivity contribution in [1.29, 1.82) is 0 Å². The van der Waals surface area contributed by atoms with Crippen molar-refractivity contribution in [1.82, 2.24) is 15.3 Å². The maximum absolute atomic E-state index is 4.56. The molecule has 108 valence electrons. The predicted octanol–water partition coefficient (Wildman–Crippen LogP) is 2.69. The van der Waals surface area contributed by atoms with Gasteiger partial charge >= 0.3 is 0 Å². The average molecular weight is 290 g/mol. The predicted molar refractivity (Wildman–Crippen MR) is 85.7 cm³/mol. The summed E-state index contributed by atoms with van der Waals surface area (Å²) < 4.78 is 0. The highest BCUT2D eigenvalue weighted by molar-refractivity contribution is 7.18. The first-order valence-corrected chi connectivity index (χ1v) is 8.26. The highest BCUT2D eigenvalue weighted by Crippen LogP contribution is 2.32. The van der Waals surface area contributed by atoms with Crippen molar-refractivity contribution in [3.05, 3.63) is 17.3 Å². The van der Waals surface area contributed by atoms with Gasteiger partial charge in [0.1, 0.15) is 17.0 Å². The summed E-state index contributed by atoms with van der Waals surface area (Å²) in [6, 6.07) is 2.27. The molecule has 2 aromatic heterocycles. The van der Waals surface area contributed by atoms with Crippen molar-refractivity contribution >= 4 is 27.4 Å². The van der Waals surface area contributed by atoms with Crippen molar-refractivity contribution < 1.29 is 0 Å². The van der Waals surface area contributed by atoms with E-state index in [2.05, 4.69) is 33.2 Å². The van der Waals surface area contributed by atoms with E-state index in [1.54, 1.807) is 17.7 Å². The van der Waals surface area contributed by atoms with Crippen LogP contribution in [0.5, 0.6) is 0 Å². The van der Waals surface area contributed by atoms with E-state index in [9.17, 15) is 0 Å². The molecule has 1 saturated heterocycles. The topological polar surface area (TPSA) is 41.0 Å². The molecule has 1 N–H and O–H groups in total. The Hall–Kier alpha value is -1.20. The monoisotopic (exact) mass is 290 g/mol. The van der Waals surface area contributed by atoms with Gasteiger partial charge in [-0.2, -0.15) is 0 Å². The van der Waals surface area contributed by atoms with Gasteiger partial charge in [-0.1, -0.05) is 6.92 Å². The molecule has 0 unspecified atom stereocenters. The summed E-state index contributed by atoms with van der Waals surface area (Å²) in [5.74, 6) is 1.94. The molecule has 2 aromatic rings. The molecule has 0 radical (unpaired) electrons. The van der Waals surface area contributed by atoms with Gasteiger partial charge in [0.05, 0.1) is 5.39 Å². The number of thiophene rings is 1. The third kappa shape index (κ3) is 2.65. The molecular weight excluding hydrogens is 268 g/mol. The Kier molecular flexibility index (Phi) is 4.17. The van der Waals surface area contributed by atoms with Crippen LogP contribution < -0.4 is 10.2 Å². The van der Waals surface area contributed by atoms with Crippen LogP contribution in [0.3, 0.4) is 0 Å². The van der Waals surface area contributed by atoms with Crippen molar-refractivity contribution in [3.63, 3.8) is 0 Å². The number of aromatic nitrogens is 2. The number of nitrogens with zero attached hydrogens (tertiary/aromatic N) is 3. The standard InChI is InChI=1S/C15H22N4S/c1-3-12-8-13-14(17-10-18-15(13)20-12)19-6-4-11(5-7-19)9-16-2/h8,10-11,16H,3-7,9H2,1-2H3. The lowest BCUT2D eigenvalue weighted by atomic mass is 9.97. The molecule has 3 heterocycles. The molecule has 0 bridgehead atoms. The van der Waals surface area contributed by atoms with Crippen LogP contribution in [0, 0.1) is 5.92 Å². The van der Waals surface area contributed by atoms with Crippen LogP contribution in [-0.2, 0) is 6.42 Å². The van der Waals surface area contributed by atoms with Crippen molar-refractivity contribution in [2.75, 3.05) is 31.6 Å². The summed E-state index contributed by atoms with van der Waals surface area (Å²) in [4.78, 5) is 13.9. The molecule has 0 aromatic carbocycles. The zero-order valence-electron chi connectivity index (χ0n) is 12.2. The van der Waals surface area contributed by atoms with Crippen molar-refractivity contribution in [2.45, 2.75) is 26.2 Å². The Morgan fingerprint density at radius 1 is 1.35 bits per heavy atom. The van der Waals surface area contributed by atoms with Gasteiger partial charge in [-0.05, 0) is 44.8 Å². The number of nitrogens with one attached hydrogen (secondary N) is 1. The maximum Gasteiger partial charge on any atom is 0.140 e. The van der Waals surface area contributed by atoms with E-state index < -0.39 is 0 Å². The number of anilines is 1. The zero-order chi connectivity index (χ0) is 13.9. The van der Waals surface area contributed by atoms with Crippen LogP contribution in [0.15, 0.2) is 12.4 Å². The fourth-order valence-electron chi connectivity index (χ4n) is 2.96. The molecule has 1 aliphatic rings. The summed E-state index contributed by atoms with van der Waals surface area (Å²) in [5, 5.41) is 4.53. The zero-order valence-corrected chi connectivity index (χ0v) is 13.0. The average Bonchev–Trinajstić information content (AvgIpc) is 2.91. The Balaban J connectivity index is 1.82. The molecule has 0 aliphatic carbocycles.